The van der Waals surface area contributed by atoms with Crippen LogP contribution in [0.3, 0.4) is 0 Å². The number of hydrogen-bond donors (Lipinski definition) is 2. The average Bonchev–Trinajstić information content (AvgIpc) is 1.96. The van der Waals surface area contributed by atoms with Gasteiger partial charge < -0.3 is 5.32 Å². The molecule has 0 fully saturated rings. The van der Waals surface area contributed by atoms with Gasteiger partial charge in [0.25, 0.3) is 0 Å². The van der Waals surface area contributed by atoms with E-state index in [1.165, 1.54) is 0 Å². The Morgan fingerprint density at radius 2 is 1.29 bits per heavy atom. The van der Waals surface area contributed by atoms with Gasteiger partial charge in [-0.15, -0.1) is 0 Å². The van der Waals surface area contributed by atoms with Crippen molar-refractivity contribution in [2.45, 2.75) is 74.0 Å². The molecule has 0 saturated heterocycles. The van der Waals surface area contributed by atoms with Gasteiger partial charge in [-0.3, -0.25) is 10.1 Å². The molecule has 0 rings (SSSR count). The molecule has 0 aliphatic rings. The quantitative estimate of drug-likeness (QED) is 0.731. The summed E-state index contributed by atoms with van der Waals surface area (Å²) in [7, 11) is 0. The summed E-state index contributed by atoms with van der Waals surface area (Å²) < 4.78 is 0. The Hall–Kier alpha value is -0.570. The van der Waals surface area contributed by atoms with E-state index in [1.807, 2.05) is 20.8 Å². The minimum atomic E-state index is -0.358. The molecule has 17 heavy (non-hydrogen) atoms. The van der Waals surface area contributed by atoms with Crippen molar-refractivity contribution in [2.24, 2.45) is 10.8 Å². The molecule has 0 saturated carbocycles. The van der Waals surface area contributed by atoms with Crippen molar-refractivity contribution in [1.82, 2.24) is 10.6 Å². The highest BCUT2D eigenvalue weighted by molar-refractivity contribution is 5.81. The molecular formula is C14H30N2O. The second kappa shape index (κ2) is 4.97. The fourth-order valence-corrected chi connectivity index (χ4v) is 1.25. The van der Waals surface area contributed by atoms with Crippen LogP contribution in [0.4, 0.5) is 0 Å². The van der Waals surface area contributed by atoms with Crippen LogP contribution in [-0.4, -0.2) is 17.6 Å². The number of hydrogen-bond acceptors (Lipinski definition) is 2. The van der Waals surface area contributed by atoms with E-state index in [0.717, 1.165) is 0 Å². The van der Waals surface area contributed by atoms with Gasteiger partial charge in [0.1, 0.15) is 0 Å². The fraction of sp³-hybridized carbons (Fsp3) is 0.929. The Morgan fingerprint density at radius 3 is 1.53 bits per heavy atom. The van der Waals surface area contributed by atoms with Crippen LogP contribution in [0.25, 0.3) is 0 Å². The summed E-state index contributed by atoms with van der Waals surface area (Å²) in [6.07, 6.45) is -0.0331. The molecule has 1 atom stereocenters. The Morgan fingerprint density at radius 1 is 0.882 bits per heavy atom. The van der Waals surface area contributed by atoms with E-state index < -0.39 is 0 Å². The highest BCUT2D eigenvalue weighted by atomic mass is 16.2. The SMILES string of the molecule is CC(C)(C)NC(NC(=O)C(C)(C)C)C(C)(C)C. The van der Waals surface area contributed by atoms with Gasteiger partial charge in [0.15, 0.2) is 0 Å². The van der Waals surface area contributed by atoms with Crippen LogP contribution in [0, 0.1) is 10.8 Å². The van der Waals surface area contributed by atoms with Crippen LogP contribution < -0.4 is 10.6 Å². The van der Waals surface area contributed by atoms with E-state index >= 15 is 0 Å². The smallest absolute Gasteiger partial charge is 0.226 e. The fourth-order valence-electron chi connectivity index (χ4n) is 1.25. The summed E-state index contributed by atoms with van der Waals surface area (Å²) >= 11 is 0. The van der Waals surface area contributed by atoms with Crippen LogP contribution >= 0.6 is 0 Å². The van der Waals surface area contributed by atoms with Gasteiger partial charge in [0, 0.05) is 11.0 Å². The lowest BCUT2D eigenvalue weighted by Gasteiger charge is -2.39. The summed E-state index contributed by atoms with van der Waals surface area (Å²) in [5.41, 5.74) is -0.402. The first-order chi connectivity index (χ1) is 7.23. The normalized spacial score (nSPS) is 15.6. The first-order valence-corrected chi connectivity index (χ1v) is 6.32. The van der Waals surface area contributed by atoms with Gasteiger partial charge in [-0.2, -0.15) is 0 Å². The first kappa shape index (κ1) is 16.4. The predicted molar refractivity (Wildman–Crippen MR) is 73.7 cm³/mol. The maximum atomic E-state index is 12.1. The third-order valence-corrected chi connectivity index (χ3v) is 2.40. The highest BCUT2D eigenvalue weighted by Crippen LogP contribution is 2.22. The minimum absolute atomic E-state index is 0.0197. The molecule has 0 aliphatic heterocycles. The van der Waals surface area contributed by atoms with E-state index in [-0.39, 0.29) is 28.4 Å². The molecule has 0 aliphatic carbocycles. The Kier molecular flexibility index (Phi) is 4.80. The Labute approximate surface area is 107 Å². The van der Waals surface area contributed by atoms with Crippen LogP contribution in [-0.2, 0) is 4.79 Å². The molecular weight excluding hydrogens is 212 g/mol. The predicted octanol–water partition coefficient (Wildman–Crippen LogP) is 2.91. The summed E-state index contributed by atoms with van der Waals surface area (Å²) in [4.78, 5) is 12.1. The summed E-state index contributed by atoms with van der Waals surface area (Å²) in [5, 5.41) is 6.57. The molecule has 0 bridgehead atoms. The van der Waals surface area contributed by atoms with Crippen molar-refractivity contribution >= 4 is 5.91 Å². The molecule has 1 unspecified atom stereocenters. The topological polar surface area (TPSA) is 41.1 Å². The lowest BCUT2D eigenvalue weighted by Crippen LogP contribution is -2.60. The van der Waals surface area contributed by atoms with E-state index in [0.29, 0.717) is 0 Å². The van der Waals surface area contributed by atoms with E-state index in [4.69, 9.17) is 0 Å². The molecule has 0 heterocycles. The van der Waals surface area contributed by atoms with Crippen LogP contribution in [0.1, 0.15) is 62.3 Å². The van der Waals surface area contributed by atoms with Crippen LogP contribution in [0.15, 0.2) is 0 Å². The van der Waals surface area contributed by atoms with Gasteiger partial charge >= 0.3 is 0 Å². The number of carbonyl (C=O) groups is 1. The molecule has 0 radical (unpaired) electrons. The minimum Gasteiger partial charge on any atom is -0.340 e. The van der Waals surface area contributed by atoms with Crippen molar-refractivity contribution in [3.05, 3.63) is 0 Å². The second-order valence-electron chi connectivity index (χ2n) is 7.92. The van der Waals surface area contributed by atoms with E-state index in [2.05, 4.69) is 52.2 Å². The van der Waals surface area contributed by atoms with Crippen LogP contribution in [0.5, 0.6) is 0 Å². The molecule has 0 aromatic rings. The number of nitrogens with one attached hydrogen (secondary N) is 2. The Balaban J connectivity index is 4.81. The lowest BCUT2D eigenvalue weighted by atomic mass is 9.88. The van der Waals surface area contributed by atoms with Gasteiger partial charge in [0.2, 0.25) is 5.91 Å². The average molecular weight is 242 g/mol. The van der Waals surface area contributed by atoms with Gasteiger partial charge in [-0.05, 0) is 26.2 Å². The van der Waals surface area contributed by atoms with Crippen molar-refractivity contribution < 1.29 is 4.79 Å². The molecule has 2 N–H and O–H groups in total. The van der Waals surface area contributed by atoms with Crippen molar-refractivity contribution in [3.8, 4) is 0 Å². The summed E-state index contributed by atoms with van der Waals surface area (Å²) in [6, 6.07) is 0. The van der Waals surface area contributed by atoms with Crippen molar-refractivity contribution in [1.29, 1.82) is 0 Å². The van der Waals surface area contributed by atoms with Gasteiger partial charge in [0.05, 0.1) is 6.17 Å². The second-order valence-corrected chi connectivity index (χ2v) is 7.92. The number of carbonyl (C=O) groups excluding carboxylic acids is 1. The zero-order valence-corrected chi connectivity index (χ0v) is 13.0. The van der Waals surface area contributed by atoms with E-state index in [1.54, 1.807) is 0 Å². The number of rotatable bonds is 2. The molecule has 0 aromatic heterocycles. The summed E-state index contributed by atoms with van der Waals surface area (Å²) in [6.45, 7) is 18.5. The molecule has 0 aromatic carbocycles. The first-order valence-electron chi connectivity index (χ1n) is 6.32. The molecule has 0 spiro atoms. The lowest BCUT2D eigenvalue weighted by molar-refractivity contribution is -0.130. The van der Waals surface area contributed by atoms with Gasteiger partial charge in [-0.25, -0.2) is 0 Å². The maximum absolute atomic E-state index is 12.1. The molecule has 3 heteroatoms. The van der Waals surface area contributed by atoms with E-state index in [9.17, 15) is 4.79 Å². The zero-order chi connectivity index (χ0) is 14.1. The standard InChI is InChI=1S/C14H30N2O/c1-12(2,3)10(16-14(7,8)9)15-11(17)13(4,5)6/h10,16H,1-9H3,(H,15,17). The zero-order valence-electron chi connectivity index (χ0n) is 13.0. The highest BCUT2D eigenvalue weighted by Gasteiger charge is 2.32. The summed E-state index contributed by atoms with van der Waals surface area (Å²) in [5.74, 6) is 0.0779. The maximum Gasteiger partial charge on any atom is 0.226 e. The van der Waals surface area contributed by atoms with Crippen molar-refractivity contribution in [3.63, 3.8) is 0 Å². The van der Waals surface area contributed by atoms with Gasteiger partial charge in [-0.1, -0.05) is 41.5 Å². The molecule has 102 valence electrons. The largest absolute Gasteiger partial charge is 0.340 e. The Bertz CT molecular complexity index is 263. The number of amides is 1. The molecule has 1 amide bonds. The monoisotopic (exact) mass is 242 g/mol. The van der Waals surface area contributed by atoms with Crippen LogP contribution in [0.2, 0.25) is 0 Å². The third-order valence-electron chi connectivity index (χ3n) is 2.40. The van der Waals surface area contributed by atoms with Crippen molar-refractivity contribution in [2.75, 3.05) is 0 Å². The molecule has 3 nitrogen and oxygen atoms in total. The third kappa shape index (κ3) is 6.67.